The smallest absolute Gasteiger partial charge is 0.247 e. The SMILES string of the molecule is CCCS(=O)(=O)Nc1ccc(-c2nnc(C)o2)cc1. The highest BCUT2D eigenvalue weighted by atomic mass is 32.2. The van der Waals surface area contributed by atoms with Gasteiger partial charge in [0.05, 0.1) is 5.75 Å². The molecule has 0 aliphatic heterocycles. The van der Waals surface area contributed by atoms with Gasteiger partial charge in [-0.25, -0.2) is 8.42 Å². The first-order valence-corrected chi connectivity index (χ1v) is 7.56. The summed E-state index contributed by atoms with van der Waals surface area (Å²) < 4.78 is 31.0. The first-order valence-electron chi connectivity index (χ1n) is 5.91. The average Bonchev–Trinajstić information content (AvgIpc) is 2.76. The molecule has 0 aliphatic rings. The molecule has 0 spiro atoms. The minimum atomic E-state index is -3.26. The lowest BCUT2D eigenvalue weighted by molar-refractivity contribution is 0.533. The number of hydrogen-bond acceptors (Lipinski definition) is 5. The lowest BCUT2D eigenvalue weighted by Gasteiger charge is -2.06. The van der Waals surface area contributed by atoms with Crippen molar-refractivity contribution in [3.8, 4) is 11.5 Å². The third-order valence-corrected chi connectivity index (χ3v) is 3.90. The molecule has 2 aromatic rings. The van der Waals surface area contributed by atoms with Gasteiger partial charge in [0, 0.05) is 18.2 Å². The van der Waals surface area contributed by atoms with E-state index in [0.717, 1.165) is 5.56 Å². The summed E-state index contributed by atoms with van der Waals surface area (Å²) in [5, 5.41) is 7.64. The fourth-order valence-electron chi connectivity index (χ4n) is 1.59. The summed E-state index contributed by atoms with van der Waals surface area (Å²) in [6.07, 6.45) is 0.578. The van der Waals surface area contributed by atoms with Gasteiger partial charge in [0.15, 0.2) is 0 Å². The maximum Gasteiger partial charge on any atom is 0.247 e. The molecule has 0 atom stereocenters. The molecule has 0 saturated carbocycles. The van der Waals surface area contributed by atoms with Gasteiger partial charge >= 0.3 is 0 Å². The summed E-state index contributed by atoms with van der Waals surface area (Å²) in [5.41, 5.74) is 1.27. The van der Waals surface area contributed by atoms with Gasteiger partial charge in [-0.3, -0.25) is 4.72 Å². The summed E-state index contributed by atoms with van der Waals surface area (Å²) >= 11 is 0. The normalized spacial score (nSPS) is 11.5. The van der Waals surface area contributed by atoms with Crippen LogP contribution in [0.4, 0.5) is 5.69 Å². The van der Waals surface area contributed by atoms with E-state index in [0.29, 0.717) is 23.9 Å². The van der Waals surface area contributed by atoms with E-state index in [1.807, 2.05) is 6.92 Å². The largest absolute Gasteiger partial charge is 0.421 e. The molecule has 1 aromatic carbocycles. The van der Waals surface area contributed by atoms with Gasteiger partial charge in [-0.15, -0.1) is 10.2 Å². The van der Waals surface area contributed by atoms with Crippen LogP contribution in [0.5, 0.6) is 0 Å². The molecule has 0 saturated heterocycles. The van der Waals surface area contributed by atoms with Crippen LogP contribution < -0.4 is 4.72 Å². The van der Waals surface area contributed by atoms with Crippen molar-refractivity contribution in [3.63, 3.8) is 0 Å². The van der Waals surface area contributed by atoms with Crippen LogP contribution in [0.1, 0.15) is 19.2 Å². The molecule has 0 unspecified atom stereocenters. The number of nitrogens with one attached hydrogen (secondary N) is 1. The zero-order chi connectivity index (χ0) is 13.9. The van der Waals surface area contributed by atoms with Crippen LogP contribution in [0.25, 0.3) is 11.5 Å². The zero-order valence-electron chi connectivity index (χ0n) is 10.8. The van der Waals surface area contributed by atoms with Crippen molar-refractivity contribution in [2.45, 2.75) is 20.3 Å². The molecule has 1 aromatic heterocycles. The number of nitrogens with zero attached hydrogens (tertiary/aromatic N) is 2. The van der Waals surface area contributed by atoms with Crippen molar-refractivity contribution in [2.24, 2.45) is 0 Å². The van der Waals surface area contributed by atoms with Crippen molar-refractivity contribution in [2.75, 3.05) is 10.5 Å². The predicted molar refractivity (Wildman–Crippen MR) is 72.2 cm³/mol. The molecule has 6 nitrogen and oxygen atoms in total. The van der Waals surface area contributed by atoms with Crippen LogP contribution in [0.2, 0.25) is 0 Å². The molecule has 102 valence electrons. The quantitative estimate of drug-likeness (QED) is 0.908. The number of aryl methyl sites for hydroxylation is 1. The van der Waals surface area contributed by atoms with Crippen LogP contribution in [-0.4, -0.2) is 24.4 Å². The van der Waals surface area contributed by atoms with Gasteiger partial charge in [-0.05, 0) is 30.7 Å². The summed E-state index contributed by atoms with van der Waals surface area (Å²) in [6, 6.07) is 6.80. The predicted octanol–water partition coefficient (Wildman–Crippen LogP) is 2.20. The van der Waals surface area contributed by atoms with E-state index >= 15 is 0 Å². The zero-order valence-corrected chi connectivity index (χ0v) is 11.6. The Morgan fingerprint density at radius 2 is 1.89 bits per heavy atom. The van der Waals surface area contributed by atoms with Crippen molar-refractivity contribution in [1.82, 2.24) is 10.2 Å². The van der Waals surface area contributed by atoms with Crippen LogP contribution in [0, 0.1) is 6.92 Å². The Balaban J connectivity index is 2.15. The minimum Gasteiger partial charge on any atom is -0.421 e. The fourth-order valence-corrected chi connectivity index (χ4v) is 2.73. The number of benzene rings is 1. The number of anilines is 1. The van der Waals surface area contributed by atoms with Crippen LogP contribution in [-0.2, 0) is 10.0 Å². The first-order chi connectivity index (χ1) is 9.00. The van der Waals surface area contributed by atoms with E-state index in [2.05, 4.69) is 14.9 Å². The fraction of sp³-hybridized carbons (Fsp3) is 0.333. The average molecular weight is 281 g/mol. The molecule has 0 amide bonds. The van der Waals surface area contributed by atoms with E-state index in [4.69, 9.17) is 4.42 Å². The highest BCUT2D eigenvalue weighted by Gasteiger charge is 2.10. The van der Waals surface area contributed by atoms with Crippen molar-refractivity contribution in [3.05, 3.63) is 30.2 Å². The molecule has 0 radical (unpaired) electrons. The molecule has 2 rings (SSSR count). The minimum absolute atomic E-state index is 0.109. The second-order valence-corrected chi connectivity index (χ2v) is 5.97. The van der Waals surface area contributed by atoms with Crippen molar-refractivity contribution >= 4 is 15.7 Å². The number of hydrogen-bond donors (Lipinski definition) is 1. The standard InChI is InChI=1S/C12H15N3O3S/c1-3-8-19(16,17)15-11-6-4-10(5-7-11)12-14-13-9(2)18-12/h4-7,15H,3,8H2,1-2H3. The lowest BCUT2D eigenvalue weighted by atomic mass is 10.2. The maximum atomic E-state index is 11.6. The Morgan fingerprint density at radius 3 is 2.42 bits per heavy atom. The summed E-state index contributed by atoms with van der Waals surface area (Å²) in [4.78, 5) is 0. The molecular formula is C12H15N3O3S. The Bertz CT molecular complexity index is 647. The monoisotopic (exact) mass is 281 g/mol. The summed E-state index contributed by atoms with van der Waals surface area (Å²) in [7, 11) is -3.26. The van der Waals surface area contributed by atoms with Crippen LogP contribution in [0.3, 0.4) is 0 Å². The van der Waals surface area contributed by atoms with E-state index in [9.17, 15) is 8.42 Å². The van der Waals surface area contributed by atoms with Gasteiger partial charge in [0.1, 0.15) is 0 Å². The topological polar surface area (TPSA) is 85.1 Å². The van der Waals surface area contributed by atoms with E-state index in [1.54, 1.807) is 31.2 Å². The third-order valence-electron chi connectivity index (χ3n) is 2.40. The second kappa shape index (κ2) is 5.40. The Hall–Kier alpha value is -1.89. The van der Waals surface area contributed by atoms with Gasteiger partial charge in [-0.2, -0.15) is 0 Å². The molecule has 7 heteroatoms. The van der Waals surface area contributed by atoms with Gasteiger partial charge in [0.2, 0.25) is 21.8 Å². The van der Waals surface area contributed by atoms with Crippen molar-refractivity contribution in [1.29, 1.82) is 0 Å². The number of rotatable bonds is 5. The Morgan fingerprint density at radius 1 is 1.21 bits per heavy atom. The summed E-state index contributed by atoms with van der Waals surface area (Å²) in [6.45, 7) is 3.53. The molecular weight excluding hydrogens is 266 g/mol. The molecule has 1 heterocycles. The molecule has 19 heavy (non-hydrogen) atoms. The summed E-state index contributed by atoms with van der Waals surface area (Å²) in [5.74, 6) is 1.01. The molecule has 0 aliphatic carbocycles. The highest BCUT2D eigenvalue weighted by molar-refractivity contribution is 7.92. The molecule has 0 bridgehead atoms. The van der Waals surface area contributed by atoms with Crippen molar-refractivity contribution < 1.29 is 12.8 Å². The lowest BCUT2D eigenvalue weighted by Crippen LogP contribution is -2.15. The number of sulfonamides is 1. The van der Waals surface area contributed by atoms with E-state index in [-0.39, 0.29) is 5.75 Å². The Labute approximate surface area is 111 Å². The molecule has 0 fully saturated rings. The van der Waals surface area contributed by atoms with Gasteiger partial charge < -0.3 is 4.42 Å². The third kappa shape index (κ3) is 3.54. The van der Waals surface area contributed by atoms with E-state index < -0.39 is 10.0 Å². The van der Waals surface area contributed by atoms with Crippen LogP contribution >= 0.6 is 0 Å². The first kappa shape index (κ1) is 13.5. The van der Waals surface area contributed by atoms with E-state index in [1.165, 1.54) is 0 Å². The van der Waals surface area contributed by atoms with Crippen LogP contribution in [0.15, 0.2) is 28.7 Å². The molecule has 1 N–H and O–H groups in total. The van der Waals surface area contributed by atoms with Gasteiger partial charge in [0.25, 0.3) is 0 Å². The highest BCUT2D eigenvalue weighted by Crippen LogP contribution is 2.20. The Kier molecular flexibility index (Phi) is 3.84. The maximum absolute atomic E-state index is 11.6. The van der Waals surface area contributed by atoms with Gasteiger partial charge in [-0.1, -0.05) is 6.92 Å². The second-order valence-electron chi connectivity index (χ2n) is 4.12. The number of aromatic nitrogens is 2.